The normalized spacial score (nSPS) is 16.5. The molecule has 6 heteroatoms. The summed E-state index contributed by atoms with van der Waals surface area (Å²) >= 11 is 9.11. The zero-order valence-electron chi connectivity index (χ0n) is 10.1. The van der Waals surface area contributed by atoms with E-state index in [9.17, 15) is 9.59 Å². The van der Waals surface area contributed by atoms with E-state index in [1.807, 2.05) is 0 Å². The van der Waals surface area contributed by atoms with E-state index < -0.39 is 11.5 Å². The number of aliphatic carboxylic acids is 1. The Morgan fingerprint density at radius 3 is 2.58 bits per heavy atom. The molecule has 19 heavy (non-hydrogen) atoms. The van der Waals surface area contributed by atoms with E-state index in [1.165, 1.54) is 0 Å². The van der Waals surface area contributed by atoms with Crippen molar-refractivity contribution in [1.82, 2.24) is 5.32 Å². The summed E-state index contributed by atoms with van der Waals surface area (Å²) in [7, 11) is 0. The van der Waals surface area contributed by atoms with E-state index in [4.69, 9.17) is 16.7 Å². The van der Waals surface area contributed by atoms with Gasteiger partial charge in [0.15, 0.2) is 0 Å². The largest absolute Gasteiger partial charge is 0.481 e. The first-order valence-electron chi connectivity index (χ1n) is 5.91. The second-order valence-corrected chi connectivity index (χ2v) is 6.07. The fourth-order valence-corrected chi connectivity index (χ4v) is 3.08. The fourth-order valence-electron chi connectivity index (χ4n) is 2.22. The van der Waals surface area contributed by atoms with Gasteiger partial charge >= 0.3 is 5.97 Å². The summed E-state index contributed by atoms with van der Waals surface area (Å²) in [5.74, 6) is -1.17. The van der Waals surface area contributed by atoms with Gasteiger partial charge in [0.05, 0.1) is 17.5 Å². The first kappa shape index (κ1) is 14.3. The van der Waals surface area contributed by atoms with Crippen LogP contribution < -0.4 is 5.32 Å². The number of nitrogens with one attached hydrogen (secondary N) is 1. The van der Waals surface area contributed by atoms with E-state index in [0.29, 0.717) is 27.9 Å². The first-order chi connectivity index (χ1) is 8.92. The molecule has 0 saturated heterocycles. The van der Waals surface area contributed by atoms with Gasteiger partial charge < -0.3 is 10.4 Å². The molecule has 0 spiro atoms. The molecule has 1 aromatic carbocycles. The van der Waals surface area contributed by atoms with Gasteiger partial charge in [-0.05, 0) is 53.4 Å². The summed E-state index contributed by atoms with van der Waals surface area (Å²) in [6.45, 7) is 0. The molecule has 4 nitrogen and oxygen atoms in total. The average molecular weight is 347 g/mol. The Labute approximate surface area is 124 Å². The van der Waals surface area contributed by atoms with Crippen molar-refractivity contribution in [2.45, 2.75) is 31.2 Å². The lowest BCUT2D eigenvalue weighted by Crippen LogP contribution is -2.54. The number of hydrogen-bond acceptors (Lipinski definition) is 2. The number of carbonyl (C=O) groups is 2. The van der Waals surface area contributed by atoms with Gasteiger partial charge in [-0.25, -0.2) is 0 Å². The van der Waals surface area contributed by atoms with Crippen molar-refractivity contribution in [3.63, 3.8) is 0 Å². The summed E-state index contributed by atoms with van der Waals surface area (Å²) in [5, 5.41) is 12.3. The Morgan fingerprint density at radius 2 is 2.11 bits per heavy atom. The monoisotopic (exact) mass is 345 g/mol. The number of carboxylic acid groups (broad SMARTS) is 1. The minimum Gasteiger partial charge on any atom is -0.481 e. The molecule has 0 radical (unpaired) electrons. The minimum atomic E-state index is -0.893. The van der Waals surface area contributed by atoms with Gasteiger partial charge in [0, 0.05) is 9.50 Å². The van der Waals surface area contributed by atoms with Crippen molar-refractivity contribution < 1.29 is 14.7 Å². The van der Waals surface area contributed by atoms with Gasteiger partial charge in [-0.2, -0.15) is 0 Å². The van der Waals surface area contributed by atoms with Crippen LogP contribution in [-0.4, -0.2) is 22.5 Å². The van der Waals surface area contributed by atoms with Crippen LogP contribution in [0.1, 0.15) is 36.0 Å². The van der Waals surface area contributed by atoms with Gasteiger partial charge in [0.1, 0.15) is 0 Å². The molecule has 2 N–H and O–H groups in total. The Morgan fingerprint density at radius 1 is 1.42 bits per heavy atom. The Kier molecular flexibility index (Phi) is 4.16. The molecule has 1 aliphatic rings. The van der Waals surface area contributed by atoms with Crippen molar-refractivity contribution in [2.75, 3.05) is 0 Å². The SMILES string of the molecule is O=C(O)CC1(NC(=O)c2ccc(Cl)cc2Br)CCC1. The Bertz CT molecular complexity index is 529. The van der Waals surface area contributed by atoms with Crippen LogP contribution in [0.3, 0.4) is 0 Å². The molecule has 0 aromatic heterocycles. The van der Waals surface area contributed by atoms with Crippen molar-refractivity contribution in [2.24, 2.45) is 0 Å². The van der Waals surface area contributed by atoms with Gasteiger partial charge in [0.25, 0.3) is 5.91 Å². The van der Waals surface area contributed by atoms with Crippen molar-refractivity contribution >= 4 is 39.4 Å². The van der Waals surface area contributed by atoms with E-state index in [-0.39, 0.29) is 12.3 Å². The molecule has 1 aromatic rings. The van der Waals surface area contributed by atoms with Crippen LogP contribution in [0.2, 0.25) is 5.02 Å². The van der Waals surface area contributed by atoms with E-state index >= 15 is 0 Å². The highest BCUT2D eigenvalue weighted by Crippen LogP contribution is 2.35. The van der Waals surface area contributed by atoms with E-state index in [1.54, 1.807) is 18.2 Å². The zero-order valence-corrected chi connectivity index (χ0v) is 12.4. The summed E-state index contributed by atoms with van der Waals surface area (Å²) < 4.78 is 0.599. The molecule has 0 atom stereocenters. The summed E-state index contributed by atoms with van der Waals surface area (Å²) in [6.07, 6.45) is 2.31. The maximum atomic E-state index is 12.2. The highest BCUT2D eigenvalue weighted by molar-refractivity contribution is 9.10. The summed E-state index contributed by atoms with van der Waals surface area (Å²) in [4.78, 5) is 23.0. The maximum Gasteiger partial charge on any atom is 0.305 e. The standard InChI is InChI=1S/C13H13BrClNO3/c14-10-6-8(15)2-3-9(10)12(19)16-13(4-1-5-13)7-11(17)18/h2-3,6H,1,4-5,7H2,(H,16,19)(H,17,18). The van der Waals surface area contributed by atoms with Gasteiger partial charge in [-0.3, -0.25) is 9.59 Å². The first-order valence-corrected chi connectivity index (χ1v) is 7.08. The van der Waals surface area contributed by atoms with Gasteiger partial charge in [0.2, 0.25) is 0 Å². The Hall–Kier alpha value is -1.07. The topological polar surface area (TPSA) is 66.4 Å². The maximum absolute atomic E-state index is 12.2. The quantitative estimate of drug-likeness (QED) is 0.879. The smallest absolute Gasteiger partial charge is 0.305 e. The number of amides is 1. The molecule has 0 bridgehead atoms. The van der Waals surface area contributed by atoms with Gasteiger partial charge in [-0.15, -0.1) is 0 Å². The van der Waals surface area contributed by atoms with Crippen LogP contribution in [-0.2, 0) is 4.79 Å². The molecular weight excluding hydrogens is 334 g/mol. The summed E-state index contributed by atoms with van der Waals surface area (Å²) in [5.41, 5.74) is -0.136. The second-order valence-electron chi connectivity index (χ2n) is 4.78. The molecule has 2 rings (SSSR count). The molecule has 0 unspecified atom stereocenters. The number of hydrogen-bond donors (Lipinski definition) is 2. The van der Waals surface area contributed by atoms with Crippen molar-refractivity contribution in [3.8, 4) is 0 Å². The van der Waals surface area contributed by atoms with Crippen molar-refractivity contribution in [1.29, 1.82) is 0 Å². The third kappa shape index (κ3) is 3.28. The zero-order chi connectivity index (χ0) is 14.0. The molecule has 0 aliphatic heterocycles. The molecule has 0 heterocycles. The predicted octanol–water partition coefficient (Wildman–Crippen LogP) is 3.23. The molecule has 1 aliphatic carbocycles. The minimum absolute atomic E-state index is 0.0377. The van der Waals surface area contributed by atoms with Crippen LogP contribution in [0.4, 0.5) is 0 Å². The van der Waals surface area contributed by atoms with Crippen LogP contribution in [0, 0.1) is 0 Å². The second kappa shape index (κ2) is 5.51. The third-order valence-electron chi connectivity index (χ3n) is 3.35. The number of rotatable bonds is 4. The molecule has 102 valence electrons. The third-order valence-corrected chi connectivity index (χ3v) is 4.25. The van der Waals surface area contributed by atoms with Crippen molar-refractivity contribution in [3.05, 3.63) is 33.3 Å². The average Bonchev–Trinajstić information content (AvgIpc) is 2.25. The molecular formula is C13H13BrClNO3. The lowest BCUT2D eigenvalue weighted by atomic mass is 9.74. The highest BCUT2D eigenvalue weighted by Gasteiger charge is 2.40. The lowest BCUT2D eigenvalue weighted by molar-refractivity contribution is -0.139. The van der Waals surface area contributed by atoms with Crippen LogP contribution >= 0.6 is 27.5 Å². The highest BCUT2D eigenvalue weighted by atomic mass is 79.9. The van der Waals surface area contributed by atoms with E-state index in [2.05, 4.69) is 21.2 Å². The predicted molar refractivity (Wildman–Crippen MR) is 75.5 cm³/mol. The number of benzene rings is 1. The summed E-state index contributed by atoms with van der Waals surface area (Å²) in [6, 6.07) is 4.89. The Balaban J connectivity index is 2.13. The number of halogens is 2. The van der Waals surface area contributed by atoms with Crippen LogP contribution in [0.5, 0.6) is 0 Å². The van der Waals surface area contributed by atoms with Gasteiger partial charge in [-0.1, -0.05) is 11.6 Å². The van der Waals surface area contributed by atoms with Crippen LogP contribution in [0.25, 0.3) is 0 Å². The number of carboxylic acids is 1. The number of carbonyl (C=O) groups excluding carboxylic acids is 1. The molecule has 1 fully saturated rings. The fraction of sp³-hybridized carbons (Fsp3) is 0.385. The molecule has 1 saturated carbocycles. The lowest BCUT2D eigenvalue weighted by Gasteiger charge is -2.41. The van der Waals surface area contributed by atoms with Crippen LogP contribution in [0.15, 0.2) is 22.7 Å². The molecule has 1 amide bonds. The van der Waals surface area contributed by atoms with E-state index in [0.717, 1.165) is 6.42 Å².